The molecule has 0 bridgehead atoms. The number of rotatable bonds is 4. The highest BCUT2D eigenvalue weighted by Crippen LogP contribution is 2.22. The molecule has 1 amide bonds. The Morgan fingerprint density at radius 1 is 1.60 bits per heavy atom. The maximum Gasteiger partial charge on any atom is 0.248 e. The van der Waals surface area contributed by atoms with Crippen molar-refractivity contribution in [1.82, 2.24) is 4.90 Å². The van der Waals surface area contributed by atoms with Gasteiger partial charge >= 0.3 is 0 Å². The molecule has 0 aromatic heterocycles. The molecule has 15 heavy (non-hydrogen) atoms. The minimum atomic E-state index is -0.252. The van der Waals surface area contributed by atoms with Gasteiger partial charge in [-0.2, -0.15) is 0 Å². The minimum Gasteiger partial charge on any atom is -0.364 e. The summed E-state index contributed by atoms with van der Waals surface area (Å²) in [7, 11) is 0. The van der Waals surface area contributed by atoms with Crippen LogP contribution in [-0.4, -0.2) is 42.6 Å². The zero-order valence-electron chi connectivity index (χ0n) is 9.95. The predicted molar refractivity (Wildman–Crippen MR) is 59.4 cm³/mol. The molecule has 0 radical (unpaired) electrons. The van der Waals surface area contributed by atoms with Crippen molar-refractivity contribution in [1.29, 1.82) is 0 Å². The lowest BCUT2D eigenvalue weighted by Gasteiger charge is -2.40. The van der Waals surface area contributed by atoms with E-state index in [-0.39, 0.29) is 18.1 Å². The zero-order valence-corrected chi connectivity index (χ0v) is 9.95. The molecule has 1 aliphatic rings. The fraction of sp³-hybridized carbons (Fsp3) is 0.909. The zero-order chi connectivity index (χ0) is 11.5. The molecule has 1 rings (SSSR count). The van der Waals surface area contributed by atoms with Crippen molar-refractivity contribution in [3.05, 3.63) is 0 Å². The van der Waals surface area contributed by atoms with Gasteiger partial charge in [-0.3, -0.25) is 4.79 Å². The summed E-state index contributed by atoms with van der Waals surface area (Å²) in [5, 5.41) is 0. The van der Waals surface area contributed by atoms with Gasteiger partial charge in [0.2, 0.25) is 5.91 Å². The SMILES string of the molecule is CC(C)CN1CC(C)(CCN)OCC1=O. The van der Waals surface area contributed by atoms with E-state index >= 15 is 0 Å². The normalized spacial score (nSPS) is 27.5. The number of nitrogens with zero attached hydrogens (tertiary/aromatic N) is 1. The number of nitrogens with two attached hydrogens (primary N) is 1. The lowest BCUT2D eigenvalue weighted by molar-refractivity contribution is -0.162. The van der Waals surface area contributed by atoms with E-state index in [2.05, 4.69) is 13.8 Å². The van der Waals surface area contributed by atoms with E-state index in [9.17, 15) is 4.79 Å². The van der Waals surface area contributed by atoms with Crippen molar-refractivity contribution in [3.8, 4) is 0 Å². The highest BCUT2D eigenvalue weighted by molar-refractivity contribution is 5.78. The van der Waals surface area contributed by atoms with Gasteiger partial charge in [-0.1, -0.05) is 13.8 Å². The fourth-order valence-electron chi connectivity index (χ4n) is 1.93. The molecule has 1 fully saturated rings. The highest BCUT2D eigenvalue weighted by atomic mass is 16.5. The number of morpholine rings is 1. The summed E-state index contributed by atoms with van der Waals surface area (Å²) in [5.74, 6) is 0.590. The Labute approximate surface area is 91.8 Å². The maximum absolute atomic E-state index is 11.6. The van der Waals surface area contributed by atoms with Crippen molar-refractivity contribution in [2.75, 3.05) is 26.2 Å². The Balaban J connectivity index is 2.59. The van der Waals surface area contributed by atoms with E-state index in [1.807, 2.05) is 11.8 Å². The molecule has 1 atom stereocenters. The van der Waals surface area contributed by atoms with Gasteiger partial charge in [0.1, 0.15) is 6.61 Å². The fourth-order valence-corrected chi connectivity index (χ4v) is 1.93. The molecule has 4 nitrogen and oxygen atoms in total. The maximum atomic E-state index is 11.6. The van der Waals surface area contributed by atoms with Crippen LogP contribution in [0.2, 0.25) is 0 Å². The summed E-state index contributed by atoms with van der Waals surface area (Å²) in [6.45, 7) is 8.53. The first-order chi connectivity index (χ1) is 6.97. The lowest BCUT2D eigenvalue weighted by atomic mass is 9.99. The third kappa shape index (κ3) is 3.47. The van der Waals surface area contributed by atoms with E-state index in [1.54, 1.807) is 0 Å². The third-order valence-corrected chi connectivity index (χ3v) is 2.68. The number of ether oxygens (including phenoxy) is 1. The van der Waals surface area contributed by atoms with Gasteiger partial charge < -0.3 is 15.4 Å². The summed E-state index contributed by atoms with van der Waals surface area (Å²) in [5.41, 5.74) is 5.29. The first-order valence-corrected chi connectivity index (χ1v) is 5.58. The molecule has 0 aromatic rings. The van der Waals surface area contributed by atoms with Crippen LogP contribution in [0.15, 0.2) is 0 Å². The average Bonchev–Trinajstić information content (AvgIpc) is 2.11. The van der Waals surface area contributed by atoms with Gasteiger partial charge in [-0.15, -0.1) is 0 Å². The Kier molecular flexibility index (Phi) is 4.11. The Hall–Kier alpha value is -0.610. The number of hydrogen-bond donors (Lipinski definition) is 1. The van der Waals surface area contributed by atoms with Crippen LogP contribution in [0.1, 0.15) is 27.2 Å². The smallest absolute Gasteiger partial charge is 0.248 e. The first kappa shape index (κ1) is 12.5. The van der Waals surface area contributed by atoms with Crippen LogP contribution in [0.25, 0.3) is 0 Å². The quantitative estimate of drug-likeness (QED) is 0.746. The molecule has 2 N–H and O–H groups in total. The van der Waals surface area contributed by atoms with Crippen molar-refractivity contribution in [3.63, 3.8) is 0 Å². The Bertz CT molecular complexity index is 231. The molecule has 88 valence electrons. The van der Waals surface area contributed by atoms with Crippen LogP contribution in [0, 0.1) is 5.92 Å². The Morgan fingerprint density at radius 3 is 2.80 bits per heavy atom. The van der Waals surface area contributed by atoms with Gasteiger partial charge in [0.25, 0.3) is 0 Å². The molecule has 4 heteroatoms. The molecule has 1 heterocycles. The summed E-state index contributed by atoms with van der Waals surface area (Å²) >= 11 is 0. The number of carbonyl (C=O) groups excluding carboxylic acids is 1. The lowest BCUT2D eigenvalue weighted by Crippen LogP contribution is -2.54. The summed E-state index contributed by atoms with van der Waals surface area (Å²) in [6.07, 6.45) is 0.800. The second-order valence-electron chi connectivity index (χ2n) is 4.95. The topological polar surface area (TPSA) is 55.6 Å². The van der Waals surface area contributed by atoms with Gasteiger partial charge in [0.15, 0.2) is 0 Å². The standard InChI is InChI=1S/C11H22N2O2/c1-9(2)6-13-8-11(3,4-5-12)15-7-10(13)14/h9H,4-8,12H2,1-3H3. The van der Waals surface area contributed by atoms with Crippen LogP contribution >= 0.6 is 0 Å². The van der Waals surface area contributed by atoms with Gasteiger partial charge in [0.05, 0.1) is 5.60 Å². The van der Waals surface area contributed by atoms with Crippen LogP contribution in [0.5, 0.6) is 0 Å². The number of carbonyl (C=O) groups is 1. The monoisotopic (exact) mass is 214 g/mol. The molecular weight excluding hydrogens is 192 g/mol. The number of hydrogen-bond acceptors (Lipinski definition) is 3. The predicted octanol–water partition coefficient (Wildman–Crippen LogP) is 0.609. The highest BCUT2D eigenvalue weighted by Gasteiger charge is 2.35. The van der Waals surface area contributed by atoms with Crippen LogP contribution in [0.3, 0.4) is 0 Å². The van der Waals surface area contributed by atoms with Gasteiger partial charge in [-0.05, 0) is 25.8 Å². The molecule has 1 unspecified atom stereocenters. The van der Waals surface area contributed by atoms with Crippen LogP contribution in [0.4, 0.5) is 0 Å². The van der Waals surface area contributed by atoms with Crippen molar-refractivity contribution in [2.24, 2.45) is 11.7 Å². The van der Waals surface area contributed by atoms with E-state index in [0.717, 1.165) is 13.0 Å². The first-order valence-electron chi connectivity index (χ1n) is 5.58. The van der Waals surface area contributed by atoms with Crippen molar-refractivity contribution < 1.29 is 9.53 Å². The molecule has 0 spiro atoms. The second-order valence-corrected chi connectivity index (χ2v) is 4.95. The Morgan fingerprint density at radius 2 is 2.27 bits per heavy atom. The molecule has 1 saturated heterocycles. The van der Waals surface area contributed by atoms with Crippen molar-refractivity contribution in [2.45, 2.75) is 32.8 Å². The molecule has 0 saturated carbocycles. The van der Waals surface area contributed by atoms with E-state index in [0.29, 0.717) is 19.0 Å². The molecule has 0 aliphatic carbocycles. The summed E-state index contributed by atoms with van der Waals surface area (Å²) < 4.78 is 5.56. The third-order valence-electron chi connectivity index (χ3n) is 2.68. The van der Waals surface area contributed by atoms with Gasteiger partial charge in [-0.25, -0.2) is 0 Å². The summed E-state index contributed by atoms with van der Waals surface area (Å²) in [6, 6.07) is 0. The second kappa shape index (κ2) is 4.94. The minimum absolute atomic E-state index is 0.0956. The summed E-state index contributed by atoms with van der Waals surface area (Å²) in [4.78, 5) is 13.5. The van der Waals surface area contributed by atoms with Gasteiger partial charge in [0, 0.05) is 13.1 Å². The van der Waals surface area contributed by atoms with E-state index in [4.69, 9.17) is 10.5 Å². The van der Waals surface area contributed by atoms with Crippen LogP contribution < -0.4 is 5.73 Å². The van der Waals surface area contributed by atoms with Crippen LogP contribution in [-0.2, 0) is 9.53 Å². The molecule has 0 aromatic carbocycles. The number of amides is 1. The van der Waals surface area contributed by atoms with Crippen molar-refractivity contribution >= 4 is 5.91 Å². The van der Waals surface area contributed by atoms with E-state index in [1.165, 1.54) is 0 Å². The largest absolute Gasteiger partial charge is 0.364 e. The molecular formula is C11H22N2O2. The average molecular weight is 214 g/mol. The van der Waals surface area contributed by atoms with E-state index < -0.39 is 0 Å². The molecule has 1 aliphatic heterocycles.